The normalized spacial score (nSPS) is 10.2. The van der Waals surface area contributed by atoms with Crippen molar-refractivity contribution < 1.29 is 13.9 Å². The summed E-state index contributed by atoms with van der Waals surface area (Å²) >= 11 is 3.04. The lowest BCUT2D eigenvalue weighted by atomic mass is 10.3. The monoisotopic (exact) mass is 312 g/mol. The number of rotatable bonds is 3. The van der Waals surface area contributed by atoms with E-state index in [-0.39, 0.29) is 16.1 Å². The van der Waals surface area contributed by atoms with Crippen LogP contribution in [0.3, 0.4) is 0 Å². The number of methoxy groups -OCH3 is 1. The Hall–Kier alpha value is -1.82. The van der Waals surface area contributed by atoms with Gasteiger partial charge in [0.05, 0.1) is 17.3 Å². The van der Waals surface area contributed by atoms with Gasteiger partial charge in [0, 0.05) is 12.3 Å². The molecule has 6 heteroatoms. The van der Waals surface area contributed by atoms with Gasteiger partial charge in [-0.3, -0.25) is 0 Å². The number of hydrogen-bond donors (Lipinski definition) is 1. The van der Waals surface area contributed by atoms with Gasteiger partial charge in [0.15, 0.2) is 11.5 Å². The molecule has 0 aliphatic carbocycles. The van der Waals surface area contributed by atoms with Gasteiger partial charge in [0.1, 0.15) is 5.82 Å². The number of hydrogen-bond acceptors (Lipinski definition) is 4. The summed E-state index contributed by atoms with van der Waals surface area (Å²) < 4.78 is 24.2. The standard InChI is InChI=1S/C12H10BrFN2O2/c1-17-10-3-2-4-16-12(10)18-11-6-8(14)7(13)5-9(11)15/h2-6H,15H2,1H3. The first kappa shape index (κ1) is 12.6. The number of aromatic nitrogens is 1. The summed E-state index contributed by atoms with van der Waals surface area (Å²) in [6.07, 6.45) is 1.54. The predicted octanol–water partition coefficient (Wildman–Crippen LogP) is 3.37. The molecule has 0 unspecified atom stereocenters. The van der Waals surface area contributed by atoms with E-state index in [2.05, 4.69) is 20.9 Å². The highest BCUT2D eigenvalue weighted by molar-refractivity contribution is 9.10. The Kier molecular flexibility index (Phi) is 3.66. The zero-order chi connectivity index (χ0) is 13.1. The van der Waals surface area contributed by atoms with E-state index in [1.54, 1.807) is 18.3 Å². The van der Waals surface area contributed by atoms with Crippen LogP contribution in [0.2, 0.25) is 0 Å². The molecule has 1 aromatic heterocycles. The SMILES string of the molecule is COc1cccnc1Oc1cc(F)c(Br)cc1N. The van der Waals surface area contributed by atoms with Crippen LogP contribution < -0.4 is 15.2 Å². The van der Waals surface area contributed by atoms with Crippen molar-refractivity contribution in [1.29, 1.82) is 0 Å². The summed E-state index contributed by atoms with van der Waals surface area (Å²) in [6, 6.07) is 6.01. The van der Waals surface area contributed by atoms with E-state index in [4.69, 9.17) is 15.2 Å². The zero-order valence-electron chi connectivity index (χ0n) is 9.48. The molecule has 2 aromatic rings. The van der Waals surface area contributed by atoms with Crippen LogP contribution in [0.15, 0.2) is 34.9 Å². The molecular weight excluding hydrogens is 303 g/mol. The van der Waals surface area contributed by atoms with Crippen LogP contribution >= 0.6 is 15.9 Å². The molecule has 0 aliphatic heterocycles. The van der Waals surface area contributed by atoms with Gasteiger partial charge in [-0.2, -0.15) is 0 Å². The quantitative estimate of drug-likeness (QED) is 0.883. The Labute approximate surface area is 112 Å². The minimum Gasteiger partial charge on any atom is -0.491 e. The lowest BCUT2D eigenvalue weighted by Crippen LogP contribution is -1.97. The summed E-state index contributed by atoms with van der Waals surface area (Å²) in [4.78, 5) is 4.00. The van der Waals surface area contributed by atoms with Gasteiger partial charge in [0.2, 0.25) is 0 Å². The van der Waals surface area contributed by atoms with Crippen LogP contribution in [0.25, 0.3) is 0 Å². The van der Waals surface area contributed by atoms with Gasteiger partial charge in [-0.15, -0.1) is 0 Å². The molecule has 0 spiro atoms. The summed E-state index contributed by atoms with van der Waals surface area (Å²) in [7, 11) is 1.50. The van der Waals surface area contributed by atoms with E-state index in [0.29, 0.717) is 11.4 Å². The number of nitrogens with two attached hydrogens (primary N) is 1. The maximum Gasteiger partial charge on any atom is 0.262 e. The van der Waals surface area contributed by atoms with E-state index in [1.807, 2.05) is 0 Å². The van der Waals surface area contributed by atoms with Crippen LogP contribution in [0, 0.1) is 5.82 Å². The Balaban J connectivity index is 2.37. The molecule has 2 rings (SSSR count). The third-order valence-corrected chi connectivity index (χ3v) is 2.82. The first-order valence-electron chi connectivity index (χ1n) is 5.03. The van der Waals surface area contributed by atoms with Crippen LogP contribution in [0.5, 0.6) is 17.4 Å². The minimum absolute atomic E-state index is 0.188. The van der Waals surface area contributed by atoms with Gasteiger partial charge in [-0.25, -0.2) is 9.37 Å². The van der Waals surface area contributed by atoms with E-state index >= 15 is 0 Å². The third kappa shape index (κ3) is 2.53. The molecule has 0 aliphatic rings. The Morgan fingerprint density at radius 1 is 1.33 bits per heavy atom. The molecule has 94 valence electrons. The molecule has 0 bridgehead atoms. The van der Waals surface area contributed by atoms with Crippen molar-refractivity contribution in [2.75, 3.05) is 12.8 Å². The number of pyridine rings is 1. The zero-order valence-corrected chi connectivity index (χ0v) is 11.1. The highest BCUT2D eigenvalue weighted by atomic mass is 79.9. The molecule has 0 fully saturated rings. The summed E-state index contributed by atoms with van der Waals surface area (Å²) in [6.45, 7) is 0. The molecule has 1 heterocycles. The van der Waals surface area contributed by atoms with Gasteiger partial charge >= 0.3 is 0 Å². The highest BCUT2D eigenvalue weighted by Crippen LogP contribution is 2.34. The molecule has 18 heavy (non-hydrogen) atoms. The Morgan fingerprint density at radius 2 is 2.11 bits per heavy atom. The molecule has 0 amide bonds. The largest absolute Gasteiger partial charge is 0.491 e. The van der Waals surface area contributed by atoms with E-state index < -0.39 is 5.82 Å². The number of nitrogens with zero attached hydrogens (tertiary/aromatic N) is 1. The fourth-order valence-corrected chi connectivity index (χ4v) is 1.71. The van der Waals surface area contributed by atoms with Crippen molar-refractivity contribution in [2.24, 2.45) is 0 Å². The first-order valence-corrected chi connectivity index (χ1v) is 5.82. The number of anilines is 1. The molecular formula is C12H10BrFN2O2. The van der Waals surface area contributed by atoms with Crippen molar-refractivity contribution in [3.8, 4) is 17.4 Å². The first-order chi connectivity index (χ1) is 8.61. The fraction of sp³-hybridized carbons (Fsp3) is 0.0833. The van der Waals surface area contributed by atoms with Gasteiger partial charge in [0.25, 0.3) is 5.88 Å². The molecule has 0 saturated heterocycles. The lowest BCUT2D eigenvalue weighted by molar-refractivity contribution is 0.369. The maximum absolute atomic E-state index is 13.4. The van der Waals surface area contributed by atoms with Gasteiger partial charge in [-0.05, 0) is 34.1 Å². The van der Waals surface area contributed by atoms with Crippen molar-refractivity contribution in [2.45, 2.75) is 0 Å². The second-order valence-corrected chi connectivity index (χ2v) is 4.27. The van der Waals surface area contributed by atoms with Gasteiger partial charge < -0.3 is 15.2 Å². The van der Waals surface area contributed by atoms with Crippen LogP contribution in [0.1, 0.15) is 0 Å². The van der Waals surface area contributed by atoms with Gasteiger partial charge in [-0.1, -0.05) is 0 Å². The van der Waals surface area contributed by atoms with Crippen LogP contribution in [0.4, 0.5) is 10.1 Å². The highest BCUT2D eigenvalue weighted by Gasteiger charge is 2.11. The molecule has 0 atom stereocenters. The topological polar surface area (TPSA) is 57.4 Å². The predicted molar refractivity (Wildman–Crippen MR) is 69.4 cm³/mol. The molecule has 1 aromatic carbocycles. The average Bonchev–Trinajstić information content (AvgIpc) is 2.36. The average molecular weight is 313 g/mol. The fourth-order valence-electron chi connectivity index (χ4n) is 1.34. The van der Waals surface area contributed by atoms with E-state index in [1.165, 1.54) is 19.2 Å². The summed E-state index contributed by atoms with van der Waals surface area (Å²) in [5.41, 5.74) is 6.04. The van der Waals surface area contributed by atoms with Crippen molar-refractivity contribution in [3.05, 3.63) is 40.8 Å². The molecule has 0 saturated carbocycles. The van der Waals surface area contributed by atoms with Crippen molar-refractivity contribution in [3.63, 3.8) is 0 Å². The molecule has 4 nitrogen and oxygen atoms in total. The van der Waals surface area contributed by atoms with Crippen LogP contribution in [-0.2, 0) is 0 Å². The summed E-state index contributed by atoms with van der Waals surface area (Å²) in [5, 5.41) is 0. The van der Waals surface area contributed by atoms with Crippen molar-refractivity contribution in [1.82, 2.24) is 4.98 Å². The number of ether oxygens (including phenoxy) is 2. The van der Waals surface area contributed by atoms with E-state index in [0.717, 1.165) is 0 Å². The van der Waals surface area contributed by atoms with Crippen molar-refractivity contribution >= 4 is 21.6 Å². The smallest absolute Gasteiger partial charge is 0.262 e. The third-order valence-electron chi connectivity index (χ3n) is 2.22. The number of halogens is 2. The van der Waals surface area contributed by atoms with E-state index in [9.17, 15) is 4.39 Å². The van der Waals surface area contributed by atoms with Crippen LogP contribution in [-0.4, -0.2) is 12.1 Å². The minimum atomic E-state index is -0.464. The number of benzene rings is 1. The Morgan fingerprint density at radius 3 is 2.83 bits per heavy atom. The molecule has 0 radical (unpaired) electrons. The number of nitrogen functional groups attached to an aromatic ring is 1. The summed E-state index contributed by atoms with van der Waals surface area (Å²) in [5.74, 6) is 0.399. The Bertz CT molecular complexity index is 578. The second-order valence-electron chi connectivity index (χ2n) is 3.42. The molecule has 2 N–H and O–H groups in total. The maximum atomic E-state index is 13.4. The second kappa shape index (κ2) is 5.22. The lowest BCUT2D eigenvalue weighted by Gasteiger charge is -2.11.